The van der Waals surface area contributed by atoms with Crippen LogP contribution in [0.1, 0.15) is 44.1 Å². The number of rotatable bonds is 2. The van der Waals surface area contributed by atoms with Crippen molar-refractivity contribution in [2.45, 2.75) is 44.1 Å². The van der Waals surface area contributed by atoms with Crippen molar-refractivity contribution in [3.63, 3.8) is 0 Å². The maximum absolute atomic E-state index is 6.62. The van der Waals surface area contributed by atoms with Gasteiger partial charge < -0.3 is 10.6 Å². The van der Waals surface area contributed by atoms with Gasteiger partial charge in [-0.2, -0.15) is 0 Å². The molecule has 1 aromatic rings. The van der Waals surface area contributed by atoms with Crippen LogP contribution in [0, 0.1) is 0 Å². The normalized spacial score (nSPS) is 23.2. The molecule has 17 heavy (non-hydrogen) atoms. The van der Waals surface area contributed by atoms with Gasteiger partial charge in [0.1, 0.15) is 0 Å². The summed E-state index contributed by atoms with van der Waals surface area (Å²) < 4.78 is 0. The molecule has 3 rings (SSSR count). The summed E-state index contributed by atoms with van der Waals surface area (Å²) in [6.45, 7) is 2.40. The standard InChI is InChI=1S/C15H22N2/c16-15(9-3-4-10-15)13-7-1-2-8-14(13)17-11-5-6-12-17/h1-2,7-8H,3-6,9-12,16H2. The summed E-state index contributed by atoms with van der Waals surface area (Å²) in [7, 11) is 0. The van der Waals surface area contributed by atoms with E-state index in [4.69, 9.17) is 5.73 Å². The van der Waals surface area contributed by atoms with E-state index in [9.17, 15) is 0 Å². The third-order valence-electron chi connectivity index (χ3n) is 4.38. The molecule has 0 spiro atoms. The lowest BCUT2D eigenvalue weighted by Gasteiger charge is -2.31. The van der Waals surface area contributed by atoms with E-state index in [-0.39, 0.29) is 5.54 Å². The maximum atomic E-state index is 6.62. The van der Waals surface area contributed by atoms with Crippen molar-refractivity contribution in [2.24, 2.45) is 5.73 Å². The van der Waals surface area contributed by atoms with Crippen LogP contribution in [-0.2, 0) is 5.54 Å². The van der Waals surface area contributed by atoms with Gasteiger partial charge in [-0.15, -0.1) is 0 Å². The van der Waals surface area contributed by atoms with Gasteiger partial charge >= 0.3 is 0 Å². The van der Waals surface area contributed by atoms with Crippen LogP contribution in [0.25, 0.3) is 0 Å². The molecular weight excluding hydrogens is 208 g/mol. The molecule has 1 saturated heterocycles. The molecule has 1 aliphatic carbocycles. The molecule has 2 aliphatic rings. The zero-order valence-corrected chi connectivity index (χ0v) is 10.5. The summed E-state index contributed by atoms with van der Waals surface area (Å²) in [5.74, 6) is 0. The summed E-state index contributed by atoms with van der Waals surface area (Å²) >= 11 is 0. The van der Waals surface area contributed by atoms with Crippen molar-refractivity contribution in [1.29, 1.82) is 0 Å². The Morgan fingerprint density at radius 2 is 1.59 bits per heavy atom. The van der Waals surface area contributed by atoms with Gasteiger partial charge in [0, 0.05) is 24.3 Å². The zero-order chi connectivity index (χ0) is 11.7. The molecule has 2 N–H and O–H groups in total. The SMILES string of the molecule is NC1(c2ccccc2N2CCCC2)CCCC1. The molecule has 1 aliphatic heterocycles. The van der Waals surface area contributed by atoms with E-state index in [0.29, 0.717) is 0 Å². The predicted molar refractivity (Wildman–Crippen MR) is 72.2 cm³/mol. The first kappa shape index (κ1) is 11.1. The number of nitrogens with zero attached hydrogens (tertiary/aromatic N) is 1. The molecule has 1 saturated carbocycles. The molecule has 0 aromatic heterocycles. The molecule has 0 amide bonds. The van der Waals surface area contributed by atoms with Gasteiger partial charge in [-0.1, -0.05) is 31.0 Å². The first-order valence-electron chi connectivity index (χ1n) is 6.93. The van der Waals surface area contributed by atoms with Crippen LogP contribution in [0.2, 0.25) is 0 Å². The van der Waals surface area contributed by atoms with E-state index in [1.807, 2.05) is 0 Å². The van der Waals surface area contributed by atoms with Gasteiger partial charge in [0.25, 0.3) is 0 Å². The lowest BCUT2D eigenvalue weighted by molar-refractivity contribution is 0.461. The highest BCUT2D eigenvalue weighted by molar-refractivity contribution is 5.57. The molecule has 1 aromatic carbocycles. The minimum absolute atomic E-state index is 0.0564. The van der Waals surface area contributed by atoms with Crippen LogP contribution >= 0.6 is 0 Å². The highest BCUT2D eigenvalue weighted by atomic mass is 15.1. The van der Waals surface area contributed by atoms with Crippen LogP contribution in [0.5, 0.6) is 0 Å². The van der Waals surface area contributed by atoms with Gasteiger partial charge in [0.2, 0.25) is 0 Å². The molecule has 0 unspecified atom stereocenters. The molecule has 1 heterocycles. The number of nitrogens with two attached hydrogens (primary N) is 1. The van der Waals surface area contributed by atoms with Crippen LogP contribution in [0.15, 0.2) is 24.3 Å². The summed E-state index contributed by atoms with van der Waals surface area (Å²) in [4.78, 5) is 2.52. The first-order chi connectivity index (χ1) is 8.30. The highest BCUT2D eigenvalue weighted by Gasteiger charge is 2.34. The molecule has 0 atom stereocenters. The van der Waals surface area contributed by atoms with Crippen LogP contribution in [0.4, 0.5) is 5.69 Å². The summed E-state index contributed by atoms with van der Waals surface area (Å²) in [6, 6.07) is 8.80. The largest absolute Gasteiger partial charge is 0.371 e. The van der Waals surface area contributed by atoms with Crippen molar-refractivity contribution in [2.75, 3.05) is 18.0 Å². The van der Waals surface area contributed by atoms with Gasteiger partial charge in [-0.05, 0) is 37.3 Å². The number of anilines is 1. The van der Waals surface area contributed by atoms with Gasteiger partial charge in [0.05, 0.1) is 0 Å². The minimum atomic E-state index is -0.0564. The second kappa shape index (κ2) is 4.34. The van der Waals surface area contributed by atoms with Crippen LogP contribution in [0.3, 0.4) is 0 Å². The first-order valence-corrected chi connectivity index (χ1v) is 6.93. The van der Waals surface area contributed by atoms with Gasteiger partial charge in [-0.25, -0.2) is 0 Å². The summed E-state index contributed by atoms with van der Waals surface area (Å²) in [5.41, 5.74) is 9.35. The molecule has 0 radical (unpaired) electrons. The second-order valence-corrected chi connectivity index (χ2v) is 5.57. The zero-order valence-electron chi connectivity index (χ0n) is 10.5. The molecular formula is C15H22N2. The number of hydrogen-bond acceptors (Lipinski definition) is 2. The van der Waals surface area contributed by atoms with E-state index in [2.05, 4.69) is 29.2 Å². The Hall–Kier alpha value is -1.02. The molecule has 0 bridgehead atoms. The molecule has 2 fully saturated rings. The Morgan fingerprint density at radius 1 is 0.941 bits per heavy atom. The van der Waals surface area contributed by atoms with Gasteiger partial charge in [-0.3, -0.25) is 0 Å². The average molecular weight is 230 g/mol. The van der Waals surface area contributed by atoms with E-state index in [1.165, 1.54) is 50.0 Å². The quantitative estimate of drug-likeness (QED) is 0.846. The molecule has 92 valence electrons. The van der Waals surface area contributed by atoms with E-state index in [0.717, 1.165) is 12.8 Å². The van der Waals surface area contributed by atoms with Crippen LogP contribution < -0.4 is 10.6 Å². The van der Waals surface area contributed by atoms with E-state index in [1.54, 1.807) is 0 Å². The lowest BCUT2D eigenvalue weighted by Crippen LogP contribution is -2.35. The smallest absolute Gasteiger partial charge is 0.0430 e. The van der Waals surface area contributed by atoms with Crippen molar-refractivity contribution < 1.29 is 0 Å². The lowest BCUT2D eigenvalue weighted by atomic mass is 9.88. The van der Waals surface area contributed by atoms with E-state index >= 15 is 0 Å². The van der Waals surface area contributed by atoms with Crippen molar-refractivity contribution in [3.05, 3.63) is 29.8 Å². The summed E-state index contributed by atoms with van der Waals surface area (Å²) in [5, 5.41) is 0. The van der Waals surface area contributed by atoms with Gasteiger partial charge in [0.15, 0.2) is 0 Å². The Morgan fingerprint density at radius 3 is 2.29 bits per heavy atom. The van der Waals surface area contributed by atoms with Crippen molar-refractivity contribution >= 4 is 5.69 Å². The monoisotopic (exact) mass is 230 g/mol. The average Bonchev–Trinajstić information content (AvgIpc) is 3.00. The maximum Gasteiger partial charge on any atom is 0.0430 e. The Labute approximate surface area is 104 Å². The third kappa shape index (κ3) is 1.95. The number of hydrogen-bond donors (Lipinski definition) is 1. The summed E-state index contributed by atoms with van der Waals surface area (Å²) in [6.07, 6.45) is 7.52. The fourth-order valence-corrected chi connectivity index (χ4v) is 3.40. The van der Waals surface area contributed by atoms with Crippen molar-refractivity contribution in [1.82, 2.24) is 0 Å². The van der Waals surface area contributed by atoms with E-state index < -0.39 is 0 Å². The van der Waals surface area contributed by atoms with Crippen molar-refractivity contribution in [3.8, 4) is 0 Å². The number of benzene rings is 1. The Bertz CT molecular complexity index is 388. The Balaban J connectivity index is 1.97. The Kier molecular flexibility index (Phi) is 2.83. The topological polar surface area (TPSA) is 29.3 Å². The molecule has 2 heteroatoms. The predicted octanol–water partition coefficient (Wildman–Crippen LogP) is 3.01. The fourth-order valence-electron chi connectivity index (χ4n) is 3.40. The minimum Gasteiger partial charge on any atom is -0.371 e. The van der Waals surface area contributed by atoms with Crippen LogP contribution in [-0.4, -0.2) is 13.1 Å². The molecule has 2 nitrogen and oxygen atoms in total. The second-order valence-electron chi connectivity index (χ2n) is 5.57. The number of para-hydroxylation sites is 1. The third-order valence-corrected chi connectivity index (χ3v) is 4.38. The fraction of sp³-hybridized carbons (Fsp3) is 0.600. The highest BCUT2D eigenvalue weighted by Crippen LogP contribution is 2.41.